The van der Waals surface area contributed by atoms with E-state index in [1.54, 1.807) is 0 Å². The average Bonchev–Trinajstić information content (AvgIpc) is 2.41. The molecule has 0 bridgehead atoms. The first-order valence-electron chi connectivity index (χ1n) is 7.83. The molecule has 5 N–H and O–H groups in total. The second-order valence-electron chi connectivity index (χ2n) is 5.48. The Labute approximate surface area is 123 Å². The van der Waals surface area contributed by atoms with E-state index in [4.69, 9.17) is 11.5 Å². The number of hydrogen-bond acceptors (Lipinski definition) is 2. The molecule has 0 aromatic heterocycles. The van der Waals surface area contributed by atoms with Crippen molar-refractivity contribution in [1.82, 2.24) is 5.32 Å². The summed E-state index contributed by atoms with van der Waals surface area (Å²) < 4.78 is 0. The van der Waals surface area contributed by atoms with Gasteiger partial charge < -0.3 is 16.8 Å². The van der Waals surface area contributed by atoms with Gasteiger partial charge in [-0.25, -0.2) is 0 Å². The molecule has 5 heteroatoms. The van der Waals surface area contributed by atoms with Crippen molar-refractivity contribution in [2.75, 3.05) is 6.54 Å². The van der Waals surface area contributed by atoms with Crippen molar-refractivity contribution < 1.29 is 4.79 Å². The van der Waals surface area contributed by atoms with E-state index in [0.29, 0.717) is 19.0 Å². The highest BCUT2D eigenvalue weighted by atomic mass is 16.1. The van der Waals surface area contributed by atoms with Gasteiger partial charge in [-0.3, -0.25) is 9.79 Å². The standard InChI is InChI=1S/C13H26N4O.C2H6/c1-9(2)10-3-5-11(6-4-10)17-12(18)7-8-16-13(14)15;1-2/h9-11H,3-8H2,1-2H3,(H,17,18)(H4,14,15,16);1-2H3. The topological polar surface area (TPSA) is 93.5 Å². The van der Waals surface area contributed by atoms with Crippen LogP contribution in [0.15, 0.2) is 4.99 Å². The summed E-state index contributed by atoms with van der Waals surface area (Å²) in [6, 6.07) is 0.340. The zero-order valence-electron chi connectivity index (χ0n) is 13.5. The van der Waals surface area contributed by atoms with Crippen LogP contribution in [0.5, 0.6) is 0 Å². The molecule has 0 unspecified atom stereocenters. The first-order chi connectivity index (χ1) is 9.49. The highest BCUT2D eigenvalue weighted by Gasteiger charge is 2.23. The lowest BCUT2D eigenvalue weighted by molar-refractivity contribution is -0.121. The fraction of sp³-hybridized carbons (Fsp3) is 0.867. The van der Waals surface area contributed by atoms with Crippen LogP contribution >= 0.6 is 0 Å². The third-order valence-corrected chi connectivity index (χ3v) is 3.71. The number of hydrogen-bond donors (Lipinski definition) is 3. The lowest BCUT2D eigenvalue weighted by Gasteiger charge is -2.31. The Morgan fingerprint density at radius 1 is 1.20 bits per heavy atom. The number of guanidine groups is 1. The molecule has 1 aliphatic rings. The van der Waals surface area contributed by atoms with Crippen LogP contribution in [-0.4, -0.2) is 24.5 Å². The average molecular weight is 284 g/mol. The number of aliphatic imine (C=N–C) groups is 1. The molecule has 20 heavy (non-hydrogen) atoms. The minimum Gasteiger partial charge on any atom is -0.370 e. The summed E-state index contributed by atoms with van der Waals surface area (Å²) in [5.74, 6) is 1.66. The number of rotatable bonds is 5. The molecule has 118 valence electrons. The van der Waals surface area contributed by atoms with Crippen LogP contribution in [0.4, 0.5) is 0 Å². The zero-order chi connectivity index (χ0) is 15.5. The first kappa shape index (κ1) is 18.7. The Bertz CT molecular complexity index is 290. The highest BCUT2D eigenvalue weighted by molar-refractivity contribution is 5.78. The summed E-state index contributed by atoms with van der Waals surface area (Å²) in [4.78, 5) is 15.5. The lowest BCUT2D eigenvalue weighted by Crippen LogP contribution is -2.38. The van der Waals surface area contributed by atoms with Crippen molar-refractivity contribution in [3.8, 4) is 0 Å². The smallest absolute Gasteiger partial charge is 0.222 e. The van der Waals surface area contributed by atoms with Crippen LogP contribution in [0.3, 0.4) is 0 Å². The van der Waals surface area contributed by atoms with Crippen molar-refractivity contribution in [2.24, 2.45) is 28.3 Å². The van der Waals surface area contributed by atoms with Crippen molar-refractivity contribution in [2.45, 2.75) is 65.8 Å². The summed E-state index contributed by atoms with van der Waals surface area (Å²) >= 11 is 0. The SMILES string of the molecule is CC.CC(C)C1CCC(NC(=O)CCN=C(N)N)CC1. The van der Waals surface area contributed by atoms with Gasteiger partial charge in [0.15, 0.2) is 5.96 Å². The van der Waals surface area contributed by atoms with Crippen LogP contribution in [0.2, 0.25) is 0 Å². The molecule has 0 atom stereocenters. The van der Waals surface area contributed by atoms with Gasteiger partial charge in [0.1, 0.15) is 0 Å². The molecule has 1 fully saturated rings. The van der Waals surface area contributed by atoms with Crippen LogP contribution in [0, 0.1) is 11.8 Å². The Hall–Kier alpha value is -1.26. The van der Waals surface area contributed by atoms with E-state index in [1.807, 2.05) is 13.8 Å². The van der Waals surface area contributed by atoms with Gasteiger partial charge in [-0.2, -0.15) is 0 Å². The molecule has 0 saturated heterocycles. The molecule has 1 rings (SSSR count). The Balaban J connectivity index is 0.00000172. The third kappa shape index (κ3) is 8.02. The van der Waals surface area contributed by atoms with E-state index in [9.17, 15) is 4.79 Å². The van der Waals surface area contributed by atoms with Crippen LogP contribution in [0.1, 0.15) is 59.8 Å². The van der Waals surface area contributed by atoms with E-state index in [1.165, 1.54) is 12.8 Å². The molecule has 5 nitrogen and oxygen atoms in total. The molecule has 1 aliphatic carbocycles. The van der Waals surface area contributed by atoms with Gasteiger partial charge in [0.25, 0.3) is 0 Å². The van der Waals surface area contributed by atoms with Crippen molar-refractivity contribution in [1.29, 1.82) is 0 Å². The van der Waals surface area contributed by atoms with Gasteiger partial charge in [-0.1, -0.05) is 27.7 Å². The normalized spacial score (nSPS) is 21.6. The lowest BCUT2D eigenvalue weighted by atomic mass is 9.80. The van der Waals surface area contributed by atoms with Crippen molar-refractivity contribution >= 4 is 11.9 Å². The predicted molar refractivity (Wildman–Crippen MR) is 85.4 cm³/mol. The molecule has 0 radical (unpaired) electrons. The number of carbonyl (C=O) groups excluding carboxylic acids is 1. The monoisotopic (exact) mass is 284 g/mol. The van der Waals surface area contributed by atoms with Gasteiger partial charge in [0.2, 0.25) is 5.91 Å². The fourth-order valence-corrected chi connectivity index (χ4v) is 2.52. The van der Waals surface area contributed by atoms with Crippen molar-refractivity contribution in [3.63, 3.8) is 0 Å². The molecular weight excluding hydrogens is 252 g/mol. The maximum atomic E-state index is 11.6. The van der Waals surface area contributed by atoms with E-state index in [0.717, 1.165) is 24.7 Å². The molecule has 1 saturated carbocycles. The number of carbonyl (C=O) groups is 1. The van der Waals surface area contributed by atoms with Gasteiger partial charge in [0, 0.05) is 12.5 Å². The summed E-state index contributed by atoms with van der Waals surface area (Å²) in [6.07, 6.45) is 4.99. The number of nitrogens with one attached hydrogen (secondary N) is 1. The number of nitrogens with two attached hydrogens (primary N) is 2. The maximum absolute atomic E-state index is 11.6. The van der Waals surface area contributed by atoms with Gasteiger partial charge in [0.05, 0.1) is 6.54 Å². The second-order valence-corrected chi connectivity index (χ2v) is 5.48. The zero-order valence-corrected chi connectivity index (χ0v) is 13.5. The quantitative estimate of drug-likeness (QED) is 0.532. The predicted octanol–water partition coefficient (Wildman–Crippen LogP) is 2.01. The molecule has 0 heterocycles. The van der Waals surface area contributed by atoms with Crippen LogP contribution in [0.25, 0.3) is 0 Å². The fourth-order valence-electron chi connectivity index (χ4n) is 2.52. The maximum Gasteiger partial charge on any atom is 0.222 e. The van der Waals surface area contributed by atoms with E-state index in [2.05, 4.69) is 24.2 Å². The van der Waals surface area contributed by atoms with Crippen molar-refractivity contribution in [3.05, 3.63) is 0 Å². The minimum absolute atomic E-state index is 0.0419. The third-order valence-electron chi connectivity index (χ3n) is 3.71. The second kappa shape index (κ2) is 10.5. The molecule has 0 aromatic carbocycles. The molecular formula is C15H32N4O. The van der Waals surface area contributed by atoms with Crippen LogP contribution < -0.4 is 16.8 Å². The number of nitrogens with zero attached hydrogens (tertiary/aromatic N) is 1. The molecule has 1 amide bonds. The summed E-state index contributed by atoms with van der Waals surface area (Å²) in [7, 11) is 0. The van der Waals surface area contributed by atoms with Crippen LogP contribution in [-0.2, 0) is 4.79 Å². The highest BCUT2D eigenvalue weighted by Crippen LogP contribution is 2.29. The molecule has 0 aromatic rings. The summed E-state index contributed by atoms with van der Waals surface area (Å²) in [5.41, 5.74) is 10.4. The Kier molecular flexibility index (Phi) is 9.86. The molecule has 0 aliphatic heterocycles. The van der Waals surface area contributed by atoms with Gasteiger partial charge in [-0.15, -0.1) is 0 Å². The largest absolute Gasteiger partial charge is 0.370 e. The van der Waals surface area contributed by atoms with Gasteiger partial charge >= 0.3 is 0 Å². The molecule has 0 spiro atoms. The van der Waals surface area contributed by atoms with Gasteiger partial charge in [-0.05, 0) is 37.5 Å². The Morgan fingerprint density at radius 2 is 1.75 bits per heavy atom. The minimum atomic E-state index is 0.0419. The summed E-state index contributed by atoms with van der Waals surface area (Å²) in [6.45, 7) is 8.92. The Morgan fingerprint density at radius 3 is 2.20 bits per heavy atom. The number of amides is 1. The van der Waals surface area contributed by atoms with E-state index >= 15 is 0 Å². The summed E-state index contributed by atoms with van der Waals surface area (Å²) in [5, 5.41) is 3.06. The first-order valence-corrected chi connectivity index (χ1v) is 7.83. The van der Waals surface area contributed by atoms with E-state index < -0.39 is 0 Å². The van der Waals surface area contributed by atoms with E-state index in [-0.39, 0.29) is 11.9 Å².